The zero-order chi connectivity index (χ0) is 15.7. The molecule has 1 fully saturated rings. The Bertz CT molecular complexity index is 523. The number of piperidine rings is 1. The summed E-state index contributed by atoms with van der Waals surface area (Å²) in [6.45, 7) is 0.553. The van der Waals surface area contributed by atoms with Crippen LogP contribution in [0.2, 0.25) is 0 Å². The van der Waals surface area contributed by atoms with E-state index in [0.717, 1.165) is 6.07 Å². The number of hydrogen-bond acceptors (Lipinski definition) is 4. The molecule has 0 radical (unpaired) electrons. The lowest BCUT2D eigenvalue weighted by Gasteiger charge is -2.39. The van der Waals surface area contributed by atoms with Gasteiger partial charge in [-0.05, 0) is 25.0 Å². The number of alkyl halides is 3. The summed E-state index contributed by atoms with van der Waals surface area (Å²) in [6.07, 6.45) is -3.89. The summed E-state index contributed by atoms with van der Waals surface area (Å²) in [5, 5.41) is 0. The Hall–Kier alpha value is -1.76. The van der Waals surface area contributed by atoms with Crippen molar-refractivity contribution < 1.29 is 22.7 Å². The molecular weight excluding hydrogens is 285 g/mol. The molecule has 0 saturated carbocycles. The first-order valence-electron chi connectivity index (χ1n) is 6.56. The van der Waals surface area contributed by atoms with E-state index < -0.39 is 23.2 Å². The van der Waals surface area contributed by atoms with Crippen LogP contribution < -0.4 is 10.6 Å². The van der Waals surface area contributed by atoms with Gasteiger partial charge in [0.05, 0.1) is 12.7 Å². The Morgan fingerprint density at radius 2 is 1.86 bits per heavy atom. The third-order valence-corrected chi connectivity index (χ3v) is 3.80. The van der Waals surface area contributed by atoms with Gasteiger partial charge < -0.3 is 15.4 Å². The molecule has 2 N–H and O–H groups in total. The van der Waals surface area contributed by atoms with E-state index >= 15 is 0 Å². The van der Waals surface area contributed by atoms with Gasteiger partial charge in [-0.3, -0.25) is 4.79 Å². The Labute approximate surface area is 120 Å². The number of ether oxygens (including phenoxy) is 1. The Kier molecular flexibility index (Phi) is 4.13. The van der Waals surface area contributed by atoms with Gasteiger partial charge in [-0.15, -0.1) is 0 Å². The molecule has 7 heteroatoms. The van der Waals surface area contributed by atoms with Crippen LogP contribution in [0, 0.1) is 0 Å². The van der Waals surface area contributed by atoms with Crippen molar-refractivity contribution >= 4 is 11.7 Å². The lowest BCUT2D eigenvalue weighted by atomic mass is 9.88. The highest BCUT2D eigenvalue weighted by Gasteiger charge is 2.41. The predicted octanol–water partition coefficient (Wildman–Crippen LogP) is 2.18. The summed E-state index contributed by atoms with van der Waals surface area (Å²) >= 11 is 0. The Morgan fingerprint density at radius 1 is 1.29 bits per heavy atom. The number of carbonyl (C=O) groups excluding carboxylic acids is 1. The average molecular weight is 302 g/mol. The highest BCUT2D eigenvalue weighted by molar-refractivity contribution is 5.81. The third kappa shape index (κ3) is 3.12. The van der Waals surface area contributed by atoms with Crippen molar-refractivity contribution in [2.24, 2.45) is 5.73 Å². The minimum Gasteiger partial charge on any atom is -0.468 e. The molecule has 0 unspecified atom stereocenters. The quantitative estimate of drug-likeness (QED) is 0.851. The zero-order valence-electron chi connectivity index (χ0n) is 11.6. The molecule has 0 spiro atoms. The molecule has 1 aliphatic heterocycles. The molecule has 0 amide bonds. The Morgan fingerprint density at radius 3 is 2.38 bits per heavy atom. The van der Waals surface area contributed by atoms with Gasteiger partial charge >= 0.3 is 12.1 Å². The van der Waals surface area contributed by atoms with Crippen molar-refractivity contribution in [1.29, 1.82) is 0 Å². The molecule has 1 aliphatic rings. The van der Waals surface area contributed by atoms with E-state index in [4.69, 9.17) is 5.73 Å². The number of esters is 1. The van der Waals surface area contributed by atoms with Gasteiger partial charge in [0.2, 0.25) is 0 Å². The first kappa shape index (κ1) is 15.6. The van der Waals surface area contributed by atoms with E-state index in [2.05, 4.69) is 4.74 Å². The van der Waals surface area contributed by atoms with Crippen molar-refractivity contribution in [1.82, 2.24) is 0 Å². The SMILES string of the molecule is COC(=O)C1(N)CCN(c2ccccc2C(F)(F)F)CC1. The van der Waals surface area contributed by atoms with Gasteiger partial charge in [0, 0.05) is 18.8 Å². The molecule has 1 aromatic rings. The fraction of sp³-hybridized carbons (Fsp3) is 0.500. The van der Waals surface area contributed by atoms with Crippen LogP contribution in [0.1, 0.15) is 18.4 Å². The van der Waals surface area contributed by atoms with Crippen molar-refractivity contribution in [3.8, 4) is 0 Å². The number of rotatable bonds is 2. The summed E-state index contributed by atoms with van der Waals surface area (Å²) < 4.78 is 43.7. The fourth-order valence-corrected chi connectivity index (χ4v) is 2.54. The van der Waals surface area contributed by atoms with E-state index in [1.54, 1.807) is 11.0 Å². The van der Waals surface area contributed by atoms with E-state index in [-0.39, 0.29) is 31.6 Å². The minimum atomic E-state index is -4.41. The first-order chi connectivity index (χ1) is 9.78. The van der Waals surface area contributed by atoms with E-state index in [1.165, 1.54) is 19.2 Å². The number of benzene rings is 1. The van der Waals surface area contributed by atoms with Crippen molar-refractivity contribution in [2.75, 3.05) is 25.1 Å². The van der Waals surface area contributed by atoms with Crippen molar-refractivity contribution in [3.63, 3.8) is 0 Å². The second-order valence-electron chi connectivity index (χ2n) is 5.15. The zero-order valence-corrected chi connectivity index (χ0v) is 11.6. The second-order valence-corrected chi connectivity index (χ2v) is 5.15. The van der Waals surface area contributed by atoms with E-state index in [9.17, 15) is 18.0 Å². The third-order valence-electron chi connectivity index (χ3n) is 3.80. The number of carbonyl (C=O) groups is 1. The van der Waals surface area contributed by atoms with Crippen LogP contribution in [0.3, 0.4) is 0 Å². The Balaban J connectivity index is 2.19. The number of nitrogens with zero attached hydrogens (tertiary/aromatic N) is 1. The van der Waals surface area contributed by atoms with Crippen LogP contribution in [0.4, 0.5) is 18.9 Å². The highest BCUT2D eigenvalue weighted by Crippen LogP contribution is 2.37. The number of para-hydroxylation sites is 1. The van der Waals surface area contributed by atoms with Gasteiger partial charge in [-0.1, -0.05) is 12.1 Å². The second kappa shape index (κ2) is 5.55. The summed E-state index contributed by atoms with van der Waals surface area (Å²) in [5.41, 5.74) is 4.29. The summed E-state index contributed by atoms with van der Waals surface area (Å²) in [4.78, 5) is 13.2. The van der Waals surface area contributed by atoms with Gasteiger partial charge in [0.1, 0.15) is 5.54 Å². The molecule has 1 saturated heterocycles. The summed E-state index contributed by atoms with van der Waals surface area (Å²) in [7, 11) is 1.25. The molecule has 0 bridgehead atoms. The van der Waals surface area contributed by atoms with Crippen LogP contribution in [0.15, 0.2) is 24.3 Å². The van der Waals surface area contributed by atoms with Crippen LogP contribution in [0.25, 0.3) is 0 Å². The molecular formula is C14H17F3N2O2. The van der Waals surface area contributed by atoms with Crippen LogP contribution in [0.5, 0.6) is 0 Å². The molecule has 0 aromatic heterocycles. The van der Waals surface area contributed by atoms with E-state index in [0.29, 0.717) is 0 Å². The first-order valence-corrected chi connectivity index (χ1v) is 6.56. The number of methoxy groups -OCH3 is 1. The number of halogens is 3. The van der Waals surface area contributed by atoms with Gasteiger partial charge in [0.25, 0.3) is 0 Å². The number of hydrogen-bond donors (Lipinski definition) is 1. The minimum absolute atomic E-state index is 0.122. The molecule has 21 heavy (non-hydrogen) atoms. The molecule has 116 valence electrons. The van der Waals surface area contributed by atoms with Gasteiger partial charge in [0.15, 0.2) is 0 Å². The molecule has 0 aliphatic carbocycles. The number of anilines is 1. The standard InChI is InChI=1S/C14H17F3N2O2/c1-21-12(20)13(18)6-8-19(9-7-13)11-5-3-2-4-10(11)14(15,16)17/h2-5H,6-9,18H2,1H3. The van der Waals surface area contributed by atoms with Crippen molar-refractivity contribution in [2.45, 2.75) is 24.6 Å². The lowest BCUT2D eigenvalue weighted by Crippen LogP contribution is -2.56. The van der Waals surface area contributed by atoms with E-state index in [1.807, 2.05) is 0 Å². The largest absolute Gasteiger partial charge is 0.468 e. The smallest absolute Gasteiger partial charge is 0.418 e. The molecule has 2 rings (SSSR count). The van der Waals surface area contributed by atoms with Crippen LogP contribution >= 0.6 is 0 Å². The molecule has 1 heterocycles. The maximum atomic E-state index is 13.0. The lowest BCUT2D eigenvalue weighted by molar-refractivity contribution is -0.148. The highest BCUT2D eigenvalue weighted by atomic mass is 19.4. The molecule has 4 nitrogen and oxygen atoms in total. The number of nitrogens with two attached hydrogens (primary N) is 1. The van der Waals surface area contributed by atoms with Crippen LogP contribution in [-0.4, -0.2) is 31.7 Å². The van der Waals surface area contributed by atoms with Gasteiger partial charge in [-0.2, -0.15) is 13.2 Å². The average Bonchev–Trinajstić information content (AvgIpc) is 2.46. The maximum absolute atomic E-state index is 13.0. The monoisotopic (exact) mass is 302 g/mol. The van der Waals surface area contributed by atoms with Gasteiger partial charge in [-0.25, -0.2) is 0 Å². The normalized spacial score (nSPS) is 18.4. The van der Waals surface area contributed by atoms with Crippen molar-refractivity contribution in [3.05, 3.63) is 29.8 Å². The summed E-state index contributed by atoms with van der Waals surface area (Å²) in [5.74, 6) is -0.522. The maximum Gasteiger partial charge on any atom is 0.418 e. The van der Waals surface area contributed by atoms with Crippen LogP contribution in [-0.2, 0) is 15.7 Å². The molecule has 1 aromatic carbocycles. The summed E-state index contributed by atoms with van der Waals surface area (Å²) in [6, 6.07) is 5.41. The topological polar surface area (TPSA) is 55.6 Å². The fourth-order valence-electron chi connectivity index (χ4n) is 2.54. The predicted molar refractivity (Wildman–Crippen MR) is 71.8 cm³/mol. The molecule has 0 atom stereocenters.